The highest BCUT2D eigenvalue weighted by Gasteiger charge is 2.17. The van der Waals surface area contributed by atoms with Crippen LogP contribution in [0.2, 0.25) is 0 Å². The van der Waals surface area contributed by atoms with E-state index in [1.165, 1.54) is 24.0 Å². The predicted molar refractivity (Wildman–Crippen MR) is 62.5 cm³/mol. The van der Waals surface area contributed by atoms with Crippen LogP contribution in [0.3, 0.4) is 0 Å². The smallest absolute Gasteiger partial charge is 0.119 e. The molecule has 0 radical (unpaired) electrons. The number of fused-ring (bicyclic) bond motifs is 1. The molecule has 1 aliphatic rings. The molecule has 0 bridgehead atoms. The summed E-state index contributed by atoms with van der Waals surface area (Å²) in [5, 5.41) is 3.52. The summed E-state index contributed by atoms with van der Waals surface area (Å²) in [4.78, 5) is 0. The van der Waals surface area contributed by atoms with Crippen molar-refractivity contribution in [3.63, 3.8) is 0 Å². The lowest BCUT2D eigenvalue weighted by Gasteiger charge is -2.25. The molecule has 0 aromatic heterocycles. The summed E-state index contributed by atoms with van der Waals surface area (Å²) >= 11 is 0. The second-order valence-electron chi connectivity index (χ2n) is 4.13. The molecule has 1 aliphatic carbocycles. The molecule has 1 unspecified atom stereocenters. The van der Waals surface area contributed by atoms with E-state index < -0.39 is 0 Å². The van der Waals surface area contributed by atoms with Crippen molar-refractivity contribution in [3.05, 3.63) is 29.3 Å². The first-order chi connectivity index (χ1) is 7.33. The number of benzene rings is 1. The van der Waals surface area contributed by atoms with Crippen molar-refractivity contribution in [1.29, 1.82) is 0 Å². The zero-order valence-corrected chi connectivity index (χ0v) is 9.55. The fourth-order valence-corrected chi connectivity index (χ4v) is 2.32. The highest BCUT2D eigenvalue weighted by Crippen LogP contribution is 2.25. The minimum Gasteiger partial charge on any atom is -0.497 e. The van der Waals surface area contributed by atoms with Crippen LogP contribution in [-0.4, -0.2) is 19.7 Å². The maximum atomic E-state index is 5.24. The molecule has 1 atom stereocenters. The van der Waals surface area contributed by atoms with E-state index in [1.54, 1.807) is 7.11 Å². The molecule has 0 saturated heterocycles. The van der Waals surface area contributed by atoms with E-state index in [2.05, 4.69) is 30.4 Å². The molecule has 0 spiro atoms. The van der Waals surface area contributed by atoms with Gasteiger partial charge in [0.15, 0.2) is 0 Å². The molecule has 1 aromatic rings. The van der Waals surface area contributed by atoms with Crippen molar-refractivity contribution >= 4 is 0 Å². The number of likely N-dealkylation sites (N-methyl/N-ethyl adjacent to an activating group) is 1. The number of aryl methyl sites for hydroxylation is 1. The lowest BCUT2D eigenvalue weighted by Crippen LogP contribution is -2.34. The molecule has 0 amide bonds. The normalized spacial score (nSPS) is 19.7. The third-order valence-corrected chi connectivity index (χ3v) is 3.13. The van der Waals surface area contributed by atoms with Crippen LogP contribution in [0, 0.1) is 0 Å². The molecule has 0 aliphatic heterocycles. The predicted octanol–water partition coefficient (Wildman–Crippen LogP) is 2.16. The zero-order chi connectivity index (χ0) is 10.7. The van der Waals surface area contributed by atoms with Crippen molar-refractivity contribution in [2.45, 2.75) is 32.2 Å². The van der Waals surface area contributed by atoms with Gasteiger partial charge in [-0.2, -0.15) is 0 Å². The van der Waals surface area contributed by atoms with Gasteiger partial charge < -0.3 is 10.1 Å². The maximum absolute atomic E-state index is 5.24. The molecule has 1 N–H and O–H groups in total. The third kappa shape index (κ3) is 2.32. The quantitative estimate of drug-likeness (QED) is 0.816. The Morgan fingerprint density at radius 1 is 1.40 bits per heavy atom. The number of hydrogen-bond acceptors (Lipinski definition) is 2. The second kappa shape index (κ2) is 4.67. The summed E-state index contributed by atoms with van der Waals surface area (Å²) in [5.41, 5.74) is 2.94. The van der Waals surface area contributed by atoms with E-state index in [0.717, 1.165) is 18.7 Å². The summed E-state index contributed by atoms with van der Waals surface area (Å²) in [7, 11) is 1.73. The van der Waals surface area contributed by atoms with Gasteiger partial charge in [0.25, 0.3) is 0 Å². The Balaban J connectivity index is 2.13. The fourth-order valence-electron chi connectivity index (χ4n) is 2.32. The van der Waals surface area contributed by atoms with E-state index >= 15 is 0 Å². The van der Waals surface area contributed by atoms with Crippen molar-refractivity contribution in [1.82, 2.24) is 5.32 Å². The first-order valence-corrected chi connectivity index (χ1v) is 5.72. The van der Waals surface area contributed by atoms with Crippen molar-refractivity contribution < 1.29 is 4.74 Å². The zero-order valence-electron chi connectivity index (χ0n) is 9.55. The number of ether oxygens (including phenoxy) is 1. The standard InChI is InChI=1S/C13H19NO/c1-3-14-12-6-4-11-9-13(15-2)7-5-10(11)8-12/h5,7,9,12,14H,3-4,6,8H2,1-2H3. The fraction of sp³-hybridized carbons (Fsp3) is 0.538. The molecular formula is C13H19NO. The largest absolute Gasteiger partial charge is 0.497 e. The molecule has 0 saturated carbocycles. The molecule has 2 rings (SSSR count). The third-order valence-electron chi connectivity index (χ3n) is 3.13. The Labute approximate surface area is 91.6 Å². The van der Waals surface area contributed by atoms with Gasteiger partial charge in [-0.3, -0.25) is 0 Å². The van der Waals surface area contributed by atoms with Gasteiger partial charge in [0.2, 0.25) is 0 Å². The average molecular weight is 205 g/mol. The molecule has 0 heterocycles. The summed E-state index contributed by atoms with van der Waals surface area (Å²) in [6.07, 6.45) is 3.57. The highest BCUT2D eigenvalue weighted by molar-refractivity contribution is 5.37. The van der Waals surface area contributed by atoms with Crippen molar-refractivity contribution in [2.75, 3.05) is 13.7 Å². The van der Waals surface area contributed by atoms with Gasteiger partial charge in [-0.05, 0) is 49.1 Å². The molecular weight excluding hydrogens is 186 g/mol. The van der Waals surface area contributed by atoms with Gasteiger partial charge >= 0.3 is 0 Å². The molecule has 15 heavy (non-hydrogen) atoms. The number of hydrogen-bond donors (Lipinski definition) is 1. The van der Waals surface area contributed by atoms with Crippen LogP contribution in [0.4, 0.5) is 0 Å². The van der Waals surface area contributed by atoms with Gasteiger partial charge in [0.1, 0.15) is 5.75 Å². The number of nitrogens with one attached hydrogen (secondary N) is 1. The monoisotopic (exact) mass is 205 g/mol. The molecule has 2 heteroatoms. The van der Waals surface area contributed by atoms with Crippen LogP contribution in [0.25, 0.3) is 0 Å². The van der Waals surface area contributed by atoms with E-state index in [0.29, 0.717) is 6.04 Å². The van der Waals surface area contributed by atoms with Gasteiger partial charge in [0.05, 0.1) is 7.11 Å². The van der Waals surface area contributed by atoms with Crippen LogP contribution in [-0.2, 0) is 12.8 Å². The average Bonchev–Trinajstić information content (AvgIpc) is 2.29. The molecule has 1 aromatic carbocycles. The van der Waals surface area contributed by atoms with Gasteiger partial charge in [-0.15, -0.1) is 0 Å². The van der Waals surface area contributed by atoms with Crippen molar-refractivity contribution in [3.8, 4) is 5.75 Å². The van der Waals surface area contributed by atoms with Crippen LogP contribution in [0.1, 0.15) is 24.5 Å². The molecule has 0 fully saturated rings. The van der Waals surface area contributed by atoms with Gasteiger partial charge in [-0.25, -0.2) is 0 Å². The summed E-state index contributed by atoms with van der Waals surface area (Å²) in [6.45, 7) is 3.24. The summed E-state index contributed by atoms with van der Waals surface area (Å²) in [6, 6.07) is 7.11. The van der Waals surface area contributed by atoms with Gasteiger partial charge in [-0.1, -0.05) is 13.0 Å². The van der Waals surface area contributed by atoms with Crippen LogP contribution in [0.15, 0.2) is 18.2 Å². The van der Waals surface area contributed by atoms with E-state index in [1.807, 2.05) is 0 Å². The van der Waals surface area contributed by atoms with E-state index in [-0.39, 0.29) is 0 Å². The minimum absolute atomic E-state index is 0.663. The van der Waals surface area contributed by atoms with Gasteiger partial charge in [0, 0.05) is 6.04 Å². The number of rotatable bonds is 3. The summed E-state index contributed by atoms with van der Waals surface area (Å²) < 4.78 is 5.24. The minimum atomic E-state index is 0.663. The lowest BCUT2D eigenvalue weighted by atomic mass is 9.88. The Bertz CT molecular complexity index is 335. The Morgan fingerprint density at radius 3 is 3.00 bits per heavy atom. The second-order valence-corrected chi connectivity index (χ2v) is 4.13. The number of methoxy groups -OCH3 is 1. The Kier molecular flexibility index (Phi) is 3.27. The van der Waals surface area contributed by atoms with E-state index in [4.69, 9.17) is 4.74 Å². The van der Waals surface area contributed by atoms with Crippen LogP contribution >= 0.6 is 0 Å². The molecule has 2 nitrogen and oxygen atoms in total. The first kappa shape index (κ1) is 10.5. The lowest BCUT2D eigenvalue weighted by molar-refractivity contribution is 0.412. The van der Waals surface area contributed by atoms with Crippen molar-refractivity contribution in [2.24, 2.45) is 0 Å². The van der Waals surface area contributed by atoms with Crippen LogP contribution < -0.4 is 10.1 Å². The highest BCUT2D eigenvalue weighted by atomic mass is 16.5. The maximum Gasteiger partial charge on any atom is 0.119 e. The molecule has 82 valence electrons. The Morgan fingerprint density at radius 2 is 2.27 bits per heavy atom. The summed E-state index contributed by atoms with van der Waals surface area (Å²) in [5.74, 6) is 0.982. The topological polar surface area (TPSA) is 21.3 Å². The first-order valence-electron chi connectivity index (χ1n) is 5.72. The van der Waals surface area contributed by atoms with Crippen LogP contribution in [0.5, 0.6) is 5.75 Å². The van der Waals surface area contributed by atoms with E-state index in [9.17, 15) is 0 Å². The SMILES string of the molecule is CCNC1CCc2cc(OC)ccc2C1. The Hall–Kier alpha value is -1.02.